The van der Waals surface area contributed by atoms with E-state index in [1.54, 1.807) is 6.82 Å². The highest BCUT2D eigenvalue weighted by atomic mass is 16.3. The Hall–Kier alpha value is -1.66. The maximum atomic E-state index is 10.5. The molecular weight excluding hydrogens is 299 g/mol. The molecular formula is C19H27BN2O2. The number of nitrogens with two attached hydrogens (primary N) is 1. The van der Waals surface area contributed by atoms with Gasteiger partial charge in [0.15, 0.2) is 0 Å². The molecule has 0 aliphatic carbocycles. The zero-order valence-electron chi connectivity index (χ0n) is 14.2. The summed E-state index contributed by atoms with van der Waals surface area (Å²) in [4.78, 5) is 0. The fourth-order valence-corrected chi connectivity index (χ4v) is 2.94. The van der Waals surface area contributed by atoms with Gasteiger partial charge < -0.3 is 21.1 Å². The van der Waals surface area contributed by atoms with E-state index in [4.69, 9.17) is 5.73 Å². The minimum atomic E-state index is -0.634. The van der Waals surface area contributed by atoms with E-state index in [0.29, 0.717) is 12.8 Å². The van der Waals surface area contributed by atoms with Crippen LogP contribution in [0.1, 0.15) is 17.5 Å². The van der Waals surface area contributed by atoms with Crippen LogP contribution >= 0.6 is 0 Å². The Kier molecular flexibility index (Phi) is 7.47. The normalized spacial score (nSPS) is 14.8. The van der Waals surface area contributed by atoms with Crippen LogP contribution in [0.3, 0.4) is 0 Å². The Balaban J connectivity index is 1.94. The number of hydrogen-bond donors (Lipinski definition) is 4. The fraction of sp³-hybridized carbons (Fsp3) is 0.368. The quantitative estimate of drug-likeness (QED) is 0.528. The number of benzene rings is 2. The lowest BCUT2D eigenvalue weighted by Gasteiger charge is -2.26. The second-order valence-electron chi connectivity index (χ2n) is 6.39. The van der Waals surface area contributed by atoms with E-state index in [-0.39, 0.29) is 12.1 Å². The number of nitrogens with one attached hydrogen (secondary N) is 1. The highest BCUT2D eigenvalue weighted by Gasteiger charge is 2.22. The van der Waals surface area contributed by atoms with Gasteiger partial charge >= 0.3 is 7.05 Å². The number of aliphatic hydroxyl groups is 1. The summed E-state index contributed by atoms with van der Waals surface area (Å²) in [6, 6.07) is 19.6. The average Bonchev–Trinajstić information content (AvgIpc) is 2.56. The number of rotatable bonds is 9. The summed E-state index contributed by atoms with van der Waals surface area (Å²) in [5.74, 6) is 0. The van der Waals surface area contributed by atoms with Crippen LogP contribution in [-0.4, -0.2) is 35.4 Å². The van der Waals surface area contributed by atoms with Crippen LogP contribution in [0.5, 0.6) is 0 Å². The van der Waals surface area contributed by atoms with Gasteiger partial charge in [0.05, 0.1) is 6.10 Å². The molecule has 5 heteroatoms. The molecule has 4 nitrogen and oxygen atoms in total. The Morgan fingerprint density at radius 3 is 1.96 bits per heavy atom. The first-order chi connectivity index (χ1) is 11.5. The molecule has 0 amide bonds. The van der Waals surface area contributed by atoms with Crippen molar-refractivity contribution in [1.29, 1.82) is 0 Å². The van der Waals surface area contributed by atoms with Gasteiger partial charge in [-0.2, -0.15) is 0 Å². The summed E-state index contributed by atoms with van der Waals surface area (Å²) in [5, 5.41) is 23.3. The maximum absolute atomic E-state index is 10.5. The molecule has 5 N–H and O–H groups in total. The van der Waals surface area contributed by atoms with Crippen molar-refractivity contribution in [2.45, 2.75) is 44.3 Å². The fourth-order valence-electron chi connectivity index (χ4n) is 2.94. The van der Waals surface area contributed by atoms with Crippen LogP contribution in [0, 0.1) is 0 Å². The van der Waals surface area contributed by atoms with Gasteiger partial charge in [0.2, 0.25) is 0 Å². The molecule has 0 spiro atoms. The van der Waals surface area contributed by atoms with Crippen LogP contribution < -0.4 is 11.0 Å². The standard InChI is InChI=1S/C19H27BN2O2/c1-20(24)22-17(12-15-8-4-2-5-9-15)14-19(23)18(21)13-16-10-6-3-7-11-16/h2-11,17-19,22-24H,12-14,21H2,1H3/t17-,18-,19-/m0/s1. The van der Waals surface area contributed by atoms with E-state index in [0.717, 1.165) is 12.0 Å². The van der Waals surface area contributed by atoms with Crippen molar-refractivity contribution < 1.29 is 10.1 Å². The third-order valence-electron chi connectivity index (χ3n) is 4.14. The van der Waals surface area contributed by atoms with Gasteiger partial charge in [-0.25, -0.2) is 0 Å². The third kappa shape index (κ3) is 6.45. The molecule has 0 aliphatic rings. The van der Waals surface area contributed by atoms with Gasteiger partial charge in [-0.1, -0.05) is 60.7 Å². The van der Waals surface area contributed by atoms with Crippen molar-refractivity contribution in [2.75, 3.05) is 0 Å². The SMILES string of the molecule is CB(O)N[C@@H](Cc1ccccc1)C[C@H](O)[C@@H](N)Cc1ccccc1. The summed E-state index contributed by atoms with van der Waals surface area (Å²) in [7, 11) is -0.628. The van der Waals surface area contributed by atoms with Crippen molar-refractivity contribution in [1.82, 2.24) is 5.23 Å². The summed E-state index contributed by atoms with van der Waals surface area (Å²) in [5.41, 5.74) is 8.47. The molecule has 128 valence electrons. The van der Waals surface area contributed by atoms with Crippen molar-refractivity contribution in [3.63, 3.8) is 0 Å². The number of hydrogen-bond acceptors (Lipinski definition) is 4. The predicted octanol–water partition coefficient (Wildman–Crippen LogP) is 1.62. The van der Waals surface area contributed by atoms with E-state index in [2.05, 4.69) is 5.23 Å². The molecule has 0 unspecified atom stereocenters. The molecule has 0 aliphatic heterocycles. The highest BCUT2D eigenvalue weighted by Crippen LogP contribution is 2.12. The monoisotopic (exact) mass is 326 g/mol. The average molecular weight is 326 g/mol. The van der Waals surface area contributed by atoms with Crippen LogP contribution in [-0.2, 0) is 12.8 Å². The molecule has 0 saturated heterocycles. The van der Waals surface area contributed by atoms with Gasteiger partial charge in [-0.15, -0.1) is 0 Å². The van der Waals surface area contributed by atoms with Crippen molar-refractivity contribution in [3.8, 4) is 0 Å². The van der Waals surface area contributed by atoms with Crippen molar-refractivity contribution >= 4 is 7.05 Å². The molecule has 0 aromatic heterocycles. The molecule has 0 fully saturated rings. The molecule has 0 radical (unpaired) electrons. The van der Waals surface area contributed by atoms with Crippen LogP contribution in [0.25, 0.3) is 0 Å². The zero-order chi connectivity index (χ0) is 17.4. The van der Waals surface area contributed by atoms with E-state index >= 15 is 0 Å². The first-order valence-electron chi connectivity index (χ1n) is 8.50. The lowest BCUT2D eigenvalue weighted by Crippen LogP contribution is -2.47. The highest BCUT2D eigenvalue weighted by molar-refractivity contribution is 6.45. The van der Waals surface area contributed by atoms with Crippen LogP contribution in [0.4, 0.5) is 0 Å². The van der Waals surface area contributed by atoms with E-state index in [1.807, 2.05) is 60.7 Å². The third-order valence-corrected chi connectivity index (χ3v) is 4.14. The molecule has 3 atom stereocenters. The smallest absolute Gasteiger partial charge is 0.373 e. The predicted molar refractivity (Wildman–Crippen MR) is 99.7 cm³/mol. The topological polar surface area (TPSA) is 78.5 Å². The summed E-state index contributed by atoms with van der Waals surface area (Å²) < 4.78 is 0. The Morgan fingerprint density at radius 1 is 0.958 bits per heavy atom. The molecule has 24 heavy (non-hydrogen) atoms. The zero-order valence-corrected chi connectivity index (χ0v) is 14.2. The molecule has 0 heterocycles. The number of aliphatic hydroxyl groups excluding tert-OH is 1. The van der Waals surface area contributed by atoms with Gasteiger partial charge in [-0.3, -0.25) is 0 Å². The minimum absolute atomic E-state index is 0.0378. The van der Waals surface area contributed by atoms with Gasteiger partial charge in [0.1, 0.15) is 0 Å². The second-order valence-corrected chi connectivity index (χ2v) is 6.39. The van der Waals surface area contributed by atoms with E-state index in [1.165, 1.54) is 5.56 Å². The first-order valence-corrected chi connectivity index (χ1v) is 8.50. The molecule has 2 rings (SSSR count). The summed E-state index contributed by atoms with van der Waals surface area (Å²) >= 11 is 0. The Morgan fingerprint density at radius 2 is 1.46 bits per heavy atom. The summed E-state index contributed by atoms with van der Waals surface area (Å²) in [6.07, 6.45) is 1.23. The molecule has 0 bridgehead atoms. The van der Waals surface area contributed by atoms with E-state index in [9.17, 15) is 10.1 Å². The Bertz CT molecular complexity index is 580. The van der Waals surface area contributed by atoms with Gasteiger partial charge in [0.25, 0.3) is 0 Å². The van der Waals surface area contributed by atoms with Crippen molar-refractivity contribution in [3.05, 3.63) is 71.8 Å². The summed E-state index contributed by atoms with van der Waals surface area (Å²) in [6.45, 7) is 1.69. The maximum Gasteiger partial charge on any atom is 0.373 e. The minimum Gasteiger partial charge on any atom is -0.437 e. The molecule has 2 aromatic rings. The lowest BCUT2D eigenvalue weighted by atomic mass is 9.84. The largest absolute Gasteiger partial charge is 0.437 e. The van der Waals surface area contributed by atoms with Gasteiger partial charge in [0, 0.05) is 12.1 Å². The first kappa shape index (κ1) is 18.7. The molecule has 2 aromatic carbocycles. The second kappa shape index (κ2) is 9.59. The van der Waals surface area contributed by atoms with Gasteiger partial charge in [-0.05, 0) is 37.2 Å². The Labute approximate surface area is 144 Å². The van der Waals surface area contributed by atoms with Crippen molar-refractivity contribution in [2.24, 2.45) is 5.73 Å². The van der Waals surface area contributed by atoms with Crippen LogP contribution in [0.2, 0.25) is 6.82 Å². The van der Waals surface area contributed by atoms with Crippen LogP contribution in [0.15, 0.2) is 60.7 Å². The van der Waals surface area contributed by atoms with E-state index < -0.39 is 13.2 Å². The lowest BCUT2D eigenvalue weighted by molar-refractivity contribution is 0.123. The molecule has 0 saturated carbocycles.